The molecule has 0 atom stereocenters. The molecule has 1 fully saturated rings. The first kappa shape index (κ1) is 16.8. The Balaban J connectivity index is 1.94. The lowest BCUT2D eigenvalue weighted by Gasteiger charge is -2.30. The van der Waals surface area contributed by atoms with Gasteiger partial charge in [-0.2, -0.15) is 0 Å². The van der Waals surface area contributed by atoms with Crippen LogP contribution in [-0.2, 0) is 11.2 Å². The summed E-state index contributed by atoms with van der Waals surface area (Å²) in [6, 6.07) is 6.43. The monoisotopic (exact) mass is 305 g/mol. The van der Waals surface area contributed by atoms with Crippen LogP contribution in [0.3, 0.4) is 0 Å². The molecule has 2 rings (SSSR count). The highest BCUT2D eigenvalue weighted by atomic mass is 16.5. The van der Waals surface area contributed by atoms with Gasteiger partial charge >= 0.3 is 5.97 Å². The van der Waals surface area contributed by atoms with Crippen molar-refractivity contribution in [2.45, 2.75) is 39.0 Å². The van der Waals surface area contributed by atoms with Gasteiger partial charge < -0.3 is 14.7 Å². The van der Waals surface area contributed by atoms with Crippen LogP contribution in [0.15, 0.2) is 18.2 Å². The van der Waals surface area contributed by atoms with E-state index in [1.54, 1.807) is 7.11 Å². The highest BCUT2D eigenvalue weighted by Gasteiger charge is 2.24. The van der Waals surface area contributed by atoms with E-state index in [0.717, 1.165) is 44.6 Å². The maximum Gasteiger partial charge on any atom is 0.306 e. The van der Waals surface area contributed by atoms with E-state index in [9.17, 15) is 4.79 Å². The Bertz CT molecular complexity index is 505. The number of methoxy groups -OCH3 is 1. The van der Waals surface area contributed by atoms with Crippen molar-refractivity contribution < 1.29 is 14.6 Å². The molecule has 22 heavy (non-hydrogen) atoms. The molecule has 4 nitrogen and oxygen atoms in total. The topological polar surface area (TPSA) is 49.8 Å². The summed E-state index contributed by atoms with van der Waals surface area (Å²) in [5.74, 6) is 0.654. The molecule has 0 bridgehead atoms. The summed E-state index contributed by atoms with van der Waals surface area (Å²) in [6.45, 7) is 7.11. The van der Waals surface area contributed by atoms with E-state index in [-0.39, 0.29) is 5.92 Å². The number of likely N-dealkylation sites (tertiary alicyclic amines) is 1. The largest absolute Gasteiger partial charge is 0.496 e. The van der Waals surface area contributed by atoms with E-state index in [2.05, 4.69) is 36.9 Å². The Labute approximate surface area is 133 Å². The summed E-state index contributed by atoms with van der Waals surface area (Å²) < 4.78 is 5.47. The van der Waals surface area contributed by atoms with E-state index in [0.29, 0.717) is 5.92 Å². The van der Waals surface area contributed by atoms with Crippen molar-refractivity contribution in [3.8, 4) is 5.75 Å². The average Bonchev–Trinajstić information content (AvgIpc) is 2.52. The van der Waals surface area contributed by atoms with Gasteiger partial charge in [-0.15, -0.1) is 0 Å². The fourth-order valence-electron chi connectivity index (χ4n) is 3.04. The number of piperidine rings is 1. The SMILES string of the molecule is COc1ccc(C(C)C)cc1CCN1CCC(C(=O)O)CC1. The van der Waals surface area contributed by atoms with Gasteiger partial charge in [-0.05, 0) is 55.5 Å². The maximum atomic E-state index is 11.0. The van der Waals surface area contributed by atoms with Crippen LogP contribution in [0.1, 0.15) is 43.7 Å². The zero-order valence-corrected chi connectivity index (χ0v) is 13.8. The van der Waals surface area contributed by atoms with Gasteiger partial charge in [0.15, 0.2) is 0 Å². The second-order valence-corrected chi connectivity index (χ2v) is 6.43. The number of carboxylic acids is 1. The van der Waals surface area contributed by atoms with Gasteiger partial charge in [-0.1, -0.05) is 26.0 Å². The van der Waals surface area contributed by atoms with Gasteiger partial charge in [0.05, 0.1) is 13.0 Å². The van der Waals surface area contributed by atoms with Gasteiger partial charge in [0.1, 0.15) is 5.75 Å². The van der Waals surface area contributed by atoms with Crippen LogP contribution in [0.2, 0.25) is 0 Å². The van der Waals surface area contributed by atoms with Crippen molar-refractivity contribution in [2.24, 2.45) is 5.92 Å². The van der Waals surface area contributed by atoms with Crippen molar-refractivity contribution in [2.75, 3.05) is 26.7 Å². The van der Waals surface area contributed by atoms with Crippen LogP contribution in [0.5, 0.6) is 5.75 Å². The fraction of sp³-hybridized carbons (Fsp3) is 0.611. The molecule has 0 unspecified atom stereocenters. The number of hydrogen-bond donors (Lipinski definition) is 1. The van der Waals surface area contributed by atoms with Crippen LogP contribution in [0.4, 0.5) is 0 Å². The molecule has 1 N–H and O–H groups in total. The van der Waals surface area contributed by atoms with E-state index in [1.165, 1.54) is 11.1 Å². The van der Waals surface area contributed by atoms with Gasteiger partial charge in [0, 0.05) is 6.54 Å². The van der Waals surface area contributed by atoms with E-state index < -0.39 is 5.97 Å². The molecule has 0 aromatic heterocycles. The quantitative estimate of drug-likeness (QED) is 0.877. The molecule has 0 aliphatic carbocycles. The lowest BCUT2D eigenvalue weighted by Crippen LogP contribution is -2.37. The second kappa shape index (κ2) is 7.63. The van der Waals surface area contributed by atoms with E-state index in [4.69, 9.17) is 9.84 Å². The van der Waals surface area contributed by atoms with Crippen molar-refractivity contribution >= 4 is 5.97 Å². The van der Waals surface area contributed by atoms with Gasteiger partial charge in [0.25, 0.3) is 0 Å². The zero-order valence-electron chi connectivity index (χ0n) is 13.8. The van der Waals surface area contributed by atoms with Crippen LogP contribution in [0.25, 0.3) is 0 Å². The van der Waals surface area contributed by atoms with Crippen molar-refractivity contribution in [1.82, 2.24) is 4.90 Å². The number of aliphatic carboxylic acids is 1. The first-order valence-electron chi connectivity index (χ1n) is 8.13. The average molecular weight is 305 g/mol. The standard InChI is InChI=1S/C18H27NO3/c1-13(2)15-4-5-17(22-3)16(12-15)8-11-19-9-6-14(7-10-19)18(20)21/h4-5,12-14H,6-11H2,1-3H3,(H,20,21). The van der Waals surface area contributed by atoms with Crippen LogP contribution in [0, 0.1) is 5.92 Å². The molecule has 0 saturated carbocycles. The third-order valence-electron chi connectivity index (χ3n) is 4.61. The van der Waals surface area contributed by atoms with E-state index in [1.807, 2.05) is 0 Å². The van der Waals surface area contributed by atoms with Crippen LogP contribution in [-0.4, -0.2) is 42.7 Å². The van der Waals surface area contributed by atoms with Gasteiger partial charge in [-0.3, -0.25) is 4.79 Å². The number of benzene rings is 1. The molecule has 122 valence electrons. The molecular formula is C18H27NO3. The van der Waals surface area contributed by atoms with E-state index >= 15 is 0 Å². The molecule has 1 saturated heterocycles. The first-order valence-corrected chi connectivity index (χ1v) is 8.13. The fourth-order valence-corrected chi connectivity index (χ4v) is 3.04. The maximum absolute atomic E-state index is 11.0. The summed E-state index contributed by atoms with van der Waals surface area (Å²) in [5.41, 5.74) is 2.58. The minimum atomic E-state index is -0.647. The summed E-state index contributed by atoms with van der Waals surface area (Å²) in [4.78, 5) is 13.4. The first-order chi connectivity index (χ1) is 10.5. The molecule has 1 aliphatic heterocycles. The van der Waals surface area contributed by atoms with Gasteiger partial charge in [0.2, 0.25) is 0 Å². The Morgan fingerprint density at radius 1 is 1.36 bits per heavy atom. The zero-order chi connectivity index (χ0) is 16.1. The predicted molar refractivity (Wildman–Crippen MR) is 87.6 cm³/mol. The summed E-state index contributed by atoms with van der Waals surface area (Å²) in [7, 11) is 1.71. The Kier molecular flexibility index (Phi) is 5.83. The predicted octanol–water partition coefficient (Wildman–Crippen LogP) is 3.16. The Morgan fingerprint density at radius 3 is 2.59 bits per heavy atom. The third kappa shape index (κ3) is 4.23. The van der Waals surface area contributed by atoms with Crippen LogP contribution < -0.4 is 4.74 Å². The molecular weight excluding hydrogens is 278 g/mol. The number of nitrogens with zero attached hydrogens (tertiary/aromatic N) is 1. The molecule has 1 aromatic carbocycles. The minimum Gasteiger partial charge on any atom is -0.496 e. The minimum absolute atomic E-state index is 0.157. The summed E-state index contributed by atoms with van der Waals surface area (Å²) >= 11 is 0. The molecule has 1 aromatic rings. The normalized spacial score (nSPS) is 16.9. The number of carboxylic acid groups (broad SMARTS) is 1. The Hall–Kier alpha value is -1.55. The molecule has 4 heteroatoms. The summed E-state index contributed by atoms with van der Waals surface area (Å²) in [6.07, 6.45) is 2.47. The molecule has 1 aliphatic rings. The van der Waals surface area contributed by atoms with Crippen molar-refractivity contribution in [3.05, 3.63) is 29.3 Å². The molecule has 1 heterocycles. The van der Waals surface area contributed by atoms with Crippen LogP contribution >= 0.6 is 0 Å². The lowest BCUT2D eigenvalue weighted by atomic mass is 9.96. The summed E-state index contributed by atoms with van der Waals surface area (Å²) in [5, 5.41) is 9.05. The highest BCUT2D eigenvalue weighted by molar-refractivity contribution is 5.70. The van der Waals surface area contributed by atoms with Gasteiger partial charge in [-0.25, -0.2) is 0 Å². The number of hydrogen-bond acceptors (Lipinski definition) is 3. The van der Waals surface area contributed by atoms with Crippen molar-refractivity contribution in [3.63, 3.8) is 0 Å². The number of ether oxygens (including phenoxy) is 1. The lowest BCUT2D eigenvalue weighted by molar-refractivity contribution is -0.143. The molecule has 0 radical (unpaired) electrons. The second-order valence-electron chi connectivity index (χ2n) is 6.43. The smallest absolute Gasteiger partial charge is 0.306 e. The number of rotatable bonds is 6. The van der Waals surface area contributed by atoms with Crippen molar-refractivity contribution in [1.29, 1.82) is 0 Å². The molecule has 0 spiro atoms. The highest BCUT2D eigenvalue weighted by Crippen LogP contribution is 2.25. The Morgan fingerprint density at radius 2 is 2.05 bits per heavy atom. The third-order valence-corrected chi connectivity index (χ3v) is 4.61. The molecule has 0 amide bonds. The number of carbonyl (C=O) groups is 1.